The van der Waals surface area contributed by atoms with E-state index in [1.54, 1.807) is 25.1 Å². The number of hydrogen-bond donors (Lipinski definition) is 2. The SMILES string of the molecule is C[C@H](SCCO)C(=O)Nc1cc(Cl)cc(Cl)c1. The van der Waals surface area contributed by atoms with E-state index in [4.69, 9.17) is 28.3 Å². The van der Waals surface area contributed by atoms with Gasteiger partial charge in [0, 0.05) is 21.5 Å². The molecule has 0 spiro atoms. The van der Waals surface area contributed by atoms with Crippen molar-refractivity contribution in [2.24, 2.45) is 0 Å². The lowest BCUT2D eigenvalue weighted by Crippen LogP contribution is -2.23. The van der Waals surface area contributed by atoms with Gasteiger partial charge in [0.2, 0.25) is 5.91 Å². The molecule has 1 aromatic carbocycles. The fourth-order valence-electron chi connectivity index (χ4n) is 1.18. The molecule has 0 aliphatic heterocycles. The van der Waals surface area contributed by atoms with Crippen LogP contribution in [-0.4, -0.2) is 28.6 Å². The van der Waals surface area contributed by atoms with Gasteiger partial charge in [0.05, 0.1) is 11.9 Å². The minimum Gasteiger partial charge on any atom is -0.396 e. The number of thioether (sulfide) groups is 1. The molecule has 1 amide bonds. The quantitative estimate of drug-likeness (QED) is 0.877. The molecular formula is C11H13Cl2NO2S. The van der Waals surface area contributed by atoms with Gasteiger partial charge >= 0.3 is 0 Å². The zero-order valence-corrected chi connectivity index (χ0v) is 11.6. The van der Waals surface area contributed by atoms with E-state index in [2.05, 4.69) is 5.32 Å². The molecule has 6 heteroatoms. The first-order chi connectivity index (χ1) is 8.02. The van der Waals surface area contributed by atoms with Crippen LogP contribution in [0.5, 0.6) is 0 Å². The topological polar surface area (TPSA) is 49.3 Å². The summed E-state index contributed by atoms with van der Waals surface area (Å²) in [6.07, 6.45) is 0. The number of hydrogen-bond acceptors (Lipinski definition) is 3. The monoisotopic (exact) mass is 293 g/mol. The molecule has 2 N–H and O–H groups in total. The summed E-state index contributed by atoms with van der Waals surface area (Å²) in [4.78, 5) is 11.7. The molecule has 0 saturated heterocycles. The van der Waals surface area contributed by atoms with Crippen LogP contribution in [0.15, 0.2) is 18.2 Å². The molecule has 0 bridgehead atoms. The van der Waals surface area contributed by atoms with Crippen molar-refractivity contribution >= 4 is 46.6 Å². The third-order valence-electron chi connectivity index (χ3n) is 1.96. The van der Waals surface area contributed by atoms with Crippen LogP contribution in [0, 0.1) is 0 Å². The predicted octanol–water partition coefficient (Wildman–Crippen LogP) is 3.05. The summed E-state index contributed by atoms with van der Waals surface area (Å²) >= 11 is 13.0. The molecule has 1 rings (SSSR count). The van der Waals surface area contributed by atoms with E-state index in [0.717, 1.165) is 0 Å². The Bertz CT molecular complexity index is 381. The number of anilines is 1. The highest BCUT2D eigenvalue weighted by atomic mass is 35.5. The van der Waals surface area contributed by atoms with Crippen molar-refractivity contribution in [3.05, 3.63) is 28.2 Å². The average Bonchev–Trinajstić information content (AvgIpc) is 2.24. The number of aliphatic hydroxyl groups is 1. The standard InChI is InChI=1S/C11H13Cl2NO2S/c1-7(17-3-2-15)11(16)14-10-5-8(12)4-9(13)6-10/h4-7,15H,2-3H2,1H3,(H,14,16)/t7-/m0/s1. The van der Waals surface area contributed by atoms with Crippen LogP contribution in [0.25, 0.3) is 0 Å². The molecule has 0 aliphatic carbocycles. The smallest absolute Gasteiger partial charge is 0.237 e. The number of carbonyl (C=O) groups is 1. The van der Waals surface area contributed by atoms with Gasteiger partial charge in [-0.1, -0.05) is 23.2 Å². The van der Waals surface area contributed by atoms with Gasteiger partial charge in [0.1, 0.15) is 0 Å². The van der Waals surface area contributed by atoms with E-state index >= 15 is 0 Å². The second-order valence-electron chi connectivity index (χ2n) is 3.38. The highest BCUT2D eigenvalue weighted by Crippen LogP contribution is 2.23. The van der Waals surface area contributed by atoms with E-state index in [1.807, 2.05) is 0 Å². The fourth-order valence-corrected chi connectivity index (χ4v) is 2.37. The van der Waals surface area contributed by atoms with Crippen molar-refractivity contribution in [3.8, 4) is 0 Å². The van der Waals surface area contributed by atoms with Gasteiger partial charge in [-0.25, -0.2) is 0 Å². The first-order valence-electron chi connectivity index (χ1n) is 5.02. The van der Waals surface area contributed by atoms with Crippen molar-refractivity contribution in [1.82, 2.24) is 0 Å². The molecule has 0 radical (unpaired) electrons. The van der Waals surface area contributed by atoms with Gasteiger partial charge in [-0.15, -0.1) is 11.8 Å². The van der Waals surface area contributed by atoms with E-state index in [1.165, 1.54) is 11.8 Å². The maximum atomic E-state index is 11.7. The Hall–Kier alpha value is -0.420. The van der Waals surface area contributed by atoms with Crippen LogP contribution < -0.4 is 5.32 Å². The zero-order chi connectivity index (χ0) is 12.8. The molecule has 0 heterocycles. The molecule has 0 unspecified atom stereocenters. The molecule has 3 nitrogen and oxygen atoms in total. The molecule has 1 atom stereocenters. The summed E-state index contributed by atoms with van der Waals surface area (Å²) in [6.45, 7) is 1.84. The lowest BCUT2D eigenvalue weighted by molar-refractivity contribution is -0.115. The maximum absolute atomic E-state index is 11.7. The first-order valence-corrected chi connectivity index (χ1v) is 6.83. The Kier molecular flexibility index (Phi) is 6.12. The minimum absolute atomic E-state index is 0.0608. The Balaban J connectivity index is 2.61. The van der Waals surface area contributed by atoms with Crippen LogP contribution in [-0.2, 0) is 4.79 Å². The van der Waals surface area contributed by atoms with E-state index in [0.29, 0.717) is 21.5 Å². The van der Waals surface area contributed by atoms with E-state index in [9.17, 15) is 4.79 Å². The normalized spacial score (nSPS) is 12.2. The highest BCUT2D eigenvalue weighted by Gasteiger charge is 2.13. The molecule has 0 fully saturated rings. The third-order valence-corrected chi connectivity index (χ3v) is 3.53. The minimum atomic E-state index is -0.236. The third kappa shape index (κ3) is 5.17. The summed E-state index contributed by atoms with van der Waals surface area (Å²) in [6, 6.07) is 4.87. The molecule has 94 valence electrons. The average molecular weight is 294 g/mol. The fraction of sp³-hybridized carbons (Fsp3) is 0.364. The largest absolute Gasteiger partial charge is 0.396 e. The Morgan fingerprint density at radius 3 is 2.53 bits per heavy atom. The molecule has 1 aromatic rings. The lowest BCUT2D eigenvalue weighted by Gasteiger charge is -2.11. The van der Waals surface area contributed by atoms with Crippen molar-refractivity contribution < 1.29 is 9.90 Å². The lowest BCUT2D eigenvalue weighted by atomic mass is 10.3. The van der Waals surface area contributed by atoms with Gasteiger partial charge in [0.25, 0.3) is 0 Å². The molecular weight excluding hydrogens is 281 g/mol. The van der Waals surface area contributed by atoms with E-state index in [-0.39, 0.29) is 17.8 Å². The number of halogens is 2. The first kappa shape index (κ1) is 14.6. The summed E-state index contributed by atoms with van der Waals surface area (Å²) in [5.41, 5.74) is 0.573. The van der Waals surface area contributed by atoms with Crippen molar-refractivity contribution in [1.29, 1.82) is 0 Å². The summed E-state index contributed by atoms with van der Waals surface area (Å²) in [5.74, 6) is 0.395. The second-order valence-corrected chi connectivity index (χ2v) is 5.71. The van der Waals surface area contributed by atoms with Crippen LogP contribution in [0.3, 0.4) is 0 Å². The second kappa shape index (κ2) is 7.11. The molecule has 0 aliphatic rings. The molecule has 0 saturated carbocycles. The van der Waals surface area contributed by atoms with Gasteiger partial charge < -0.3 is 10.4 Å². The predicted molar refractivity (Wildman–Crippen MR) is 74.1 cm³/mol. The number of rotatable bonds is 5. The molecule has 17 heavy (non-hydrogen) atoms. The van der Waals surface area contributed by atoms with Gasteiger partial charge in [-0.2, -0.15) is 0 Å². The number of aliphatic hydroxyl groups excluding tert-OH is 1. The number of nitrogens with one attached hydrogen (secondary N) is 1. The number of benzene rings is 1. The van der Waals surface area contributed by atoms with Gasteiger partial charge in [0.15, 0.2) is 0 Å². The number of carbonyl (C=O) groups excluding carboxylic acids is 1. The van der Waals surface area contributed by atoms with Crippen LogP contribution in [0.2, 0.25) is 10.0 Å². The Labute approximate surface area is 114 Å². The van der Waals surface area contributed by atoms with Crippen LogP contribution >= 0.6 is 35.0 Å². The summed E-state index contributed by atoms with van der Waals surface area (Å²) < 4.78 is 0. The maximum Gasteiger partial charge on any atom is 0.237 e. The van der Waals surface area contributed by atoms with Crippen molar-refractivity contribution in [3.63, 3.8) is 0 Å². The van der Waals surface area contributed by atoms with Crippen molar-refractivity contribution in [2.45, 2.75) is 12.2 Å². The summed E-state index contributed by atoms with van der Waals surface area (Å²) in [7, 11) is 0. The summed E-state index contributed by atoms with van der Waals surface area (Å²) in [5, 5.41) is 12.1. The van der Waals surface area contributed by atoms with Crippen LogP contribution in [0.1, 0.15) is 6.92 Å². The van der Waals surface area contributed by atoms with E-state index < -0.39 is 0 Å². The Morgan fingerprint density at radius 2 is 2.00 bits per heavy atom. The Morgan fingerprint density at radius 1 is 1.41 bits per heavy atom. The van der Waals surface area contributed by atoms with Gasteiger partial charge in [-0.05, 0) is 25.1 Å². The zero-order valence-electron chi connectivity index (χ0n) is 9.24. The van der Waals surface area contributed by atoms with Gasteiger partial charge in [-0.3, -0.25) is 4.79 Å². The highest BCUT2D eigenvalue weighted by molar-refractivity contribution is 8.00. The molecule has 0 aromatic heterocycles. The van der Waals surface area contributed by atoms with Crippen LogP contribution in [0.4, 0.5) is 5.69 Å². The number of amides is 1. The van der Waals surface area contributed by atoms with Crippen molar-refractivity contribution in [2.75, 3.05) is 17.7 Å².